The molecular weight excluding hydrogens is 322 g/mol. The van der Waals surface area contributed by atoms with Crippen molar-refractivity contribution in [2.75, 3.05) is 5.75 Å². The molecule has 1 aromatic heterocycles. The predicted octanol–water partition coefficient (Wildman–Crippen LogP) is 4.20. The van der Waals surface area contributed by atoms with Crippen LogP contribution in [0.5, 0.6) is 0 Å². The number of carbonyl (C=O) groups is 2. The molecule has 5 heteroatoms. The molecule has 0 saturated heterocycles. The van der Waals surface area contributed by atoms with Crippen LogP contribution in [0.2, 0.25) is 0 Å². The quantitative estimate of drug-likeness (QED) is 0.799. The van der Waals surface area contributed by atoms with E-state index in [-0.39, 0.29) is 17.3 Å². The van der Waals surface area contributed by atoms with Crippen LogP contribution in [-0.4, -0.2) is 27.2 Å². The van der Waals surface area contributed by atoms with E-state index in [1.165, 1.54) is 0 Å². The standard InChI is InChI=1S/C19H21NO3S/c1-2-13(14-6-4-3-5-7-14)10-18(21)16-11-15(19(22)23)17-12-24-9-8-20(16)17/h3-7,11,13H,2,8-10,12H2,1H3,(H,22,23)/t13-/m0/s1. The Balaban J connectivity index is 1.88. The second-order valence-corrected chi connectivity index (χ2v) is 7.15. The summed E-state index contributed by atoms with van der Waals surface area (Å²) in [5, 5.41) is 9.41. The normalized spacial score (nSPS) is 14.9. The molecule has 0 fully saturated rings. The minimum absolute atomic E-state index is 0.0337. The van der Waals surface area contributed by atoms with Gasteiger partial charge in [-0.3, -0.25) is 4.79 Å². The van der Waals surface area contributed by atoms with Gasteiger partial charge in [-0.25, -0.2) is 4.79 Å². The molecule has 1 aliphatic heterocycles. The maximum absolute atomic E-state index is 12.9. The topological polar surface area (TPSA) is 59.3 Å². The number of Topliss-reactive ketones (excluding diaryl/α,β-unsaturated/α-hetero) is 1. The van der Waals surface area contributed by atoms with E-state index in [1.807, 2.05) is 34.9 Å². The monoisotopic (exact) mass is 343 g/mol. The molecule has 1 atom stereocenters. The molecule has 0 spiro atoms. The van der Waals surface area contributed by atoms with Crippen LogP contribution in [0.1, 0.15) is 57.8 Å². The molecule has 0 radical (unpaired) electrons. The number of thioether (sulfide) groups is 1. The predicted molar refractivity (Wildman–Crippen MR) is 96.0 cm³/mol. The van der Waals surface area contributed by atoms with Gasteiger partial charge in [-0.15, -0.1) is 0 Å². The van der Waals surface area contributed by atoms with Crippen molar-refractivity contribution in [1.29, 1.82) is 0 Å². The maximum atomic E-state index is 12.9. The van der Waals surface area contributed by atoms with Gasteiger partial charge in [0.1, 0.15) is 0 Å². The minimum Gasteiger partial charge on any atom is -0.478 e. The number of fused-ring (bicyclic) bond motifs is 1. The van der Waals surface area contributed by atoms with E-state index in [1.54, 1.807) is 17.8 Å². The second-order valence-electron chi connectivity index (χ2n) is 6.04. The first-order chi connectivity index (χ1) is 11.6. The van der Waals surface area contributed by atoms with Gasteiger partial charge in [-0.1, -0.05) is 37.3 Å². The first kappa shape index (κ1) is 16.8. The summed E-state index contributed by atoms with van der Waals surface area (Å²) >= 11 is 1.71. The highest BCUT2D eigenvalue weighted by Gasteiger charge is 2.26. The van der Waals surface area contributed by atoms with Gasteiger partial charge in [-0.2, -0.15) is 11.8 Å². The van der Waals surface area contributed by atoms with Gasteiger partial charge in [-0.05, 0) is 24.0 Å². The molecule has 1 aromatic carbocycles. The Morgan fingerprint density at radius 1 is 1.29 bits per heavy atom. The van der Waals surface area contributed by atoms with Gasteiger partial charge < -0.3 is 9.67 Å². The number of hydrogen-bond donors (Lipinski definition) is 1. The highest BCUT2D eigenvalue weighted by molar-refractivity contribution is 7.98. The highest BCUT2D eigenvalue weighted by Crippen LogP contribution is 2.30. The Morgan fingerprint density at radius 2 is 2.04 bits per heavy atom. The van der Waals surface area contributed by atoms with E-state index in [0.717, 1.165) is 23.4 Å². The number of carbonyl (C=O) groups excluding carboxylic acids is 1. The fourth-order valence-electron chi connectivity index (χ4n) is 3.29. The molecule has 1 N–H and O–H groups in total. The van der Waals surface area contributed by atoms with Crippen molar-refractivity contribution in [1.82, 2.24) is 4.57 Å². The first-order valence-electron chi connectivity index (χ1n) is 8.23. The lowest BCUT2D eigenvalue weighted by Gasteiger charge is -2.19. The Labute approximate surface area is 145 Å². The smallest absolute Gasteiger partial charge is 0.337 e. The number of hydrogen-bond acceptors (Lipinski definition) is 3. The summed E-state index contributed by atoms with van der Waals surface area (Å²) < 4.78 is 1.92. The molecule has 2 heterocycles. The summed E-state index contributed by atoms with van der Waals surface area (Å²) in [5.74, 6) is 0.819. The van der Waals surface area contributed by atoms with Gasteiger partial charge in [0.25, 0.3) is 0 Å². The summed E-state index contributed by atoms with van der Waals surface area (Å²) in [6, 6.07) is 11.6. The molecule has 0 aliphatic carbocycles. The van der Waals surface area contributed by atoms with Gasteiger partial charge in [0, 0.05) is 30.2 Å². The molecule has 0 amide bonds. The van der Waals surface area contributed by atoms with E-state index in [0.29, 0.717) is 24.4 Å². The molecular formula is C19H21NO3S. The Hall–Kier alpha value is -2.01. The van der Waals surface area contributed by atoms with Crippen LogP contribution in [0.4, 0.5) is 0 Å². The van der Waals surface area contributed by atoms with E-state index in [2.05, 4.69) is 6.92 Å². The average Bonchev–Trinajstić information content (AvgIpc) is 3.00. The van der Waals surface area contributed by atoms with Crippen molar-refractivity contribution in [3.63, 3.8) is 0 Å². The Morgan fingerprint density at radius 3 is 2.71 bits per heavy atom. The molecule has 126 valence electrons. The lowest BCUT2D eigenvalue weighted by atomic mass is 9.90. The third-order valence-electron chi connectivity index (χ3n) is 4.62. The van der Waals surface area contributed by atoms with Crippen LogP contribution in [0.25, 0.3) is 0 Å². The number of aromatic carboxylic acids is 1. The summed E-state index contributed by atoms with van der Waals surface area (Å²) in [6.07, 6.45) is 1.29. The van der Waals surface area contributed by atoms with Crippen LogP contribution in [0.15, 0.2) is 36.4 Å². The molecule has 2 aromatic rings. The Kier molecular flexibility index (Phi) is 5.09. The fourth-order valence-corrected chi connectivity index (χ4v) is 4.25. The molecule has 0 unspecified atom stereocenters. The van der Waals surface area contributed by atoms with Crippen molar-refractivity contribution in [3.05, 3.63) is 58.9 Å². The SMILES string of the molecule is CC[C@@H](CC(=O)c1cc(C(=O)O)c2n1CCSC2)c1ccccc1. The lowest BCUT2D eigenvalue weighted by molar-refractivity contribution is 0.0695. The molecule has 1 aliphatic rings. The zero-order valence-electron chi connectivity index (χ0n) is 13.7. The second kappa shape index (κ2) is 7.26. The average molecular weight is 343 g/mol. The van der Waals surface area contributed by atoms with Crippen molar-refractivity contribution < 1.29 is 14.7 Å². The number of aromatic nitrogens is 1. The van der Waals surface area contributed by atoms with Gasteiger partial charge in [0.2, 0.25) is 0 Å². The van der Waals surface area contributed by atoms with Crippen molar-refractivity contribution >= 4 is 23.5 Å². The van der Waals surface area contributed by atoms with Gasteiger partial charge in [0.05, 0.1) is 11.3 Å². The van der Waals surface area contributed by atoms with Crippen LogP contribution in [0.3, 0.4) is 0 Å². The van der Waals surface area contributed by atoms with Crippen LogP contribution in [-0.2, 0) is 12.3 Å². The molecule has 24 heavy (non-hydrogen) atoms. The van der Waals surface area contributed by atoms with Crippen molar-refractivity contribution in [3.8, 4) is 0 Å². The maximum Gasteiger partial charge on any atom is 0.337 e. The van der Waals surface area contributed by atoms with E-state index in [4.69, 9.17) is 0 Å². The zero-order chi connectivity index (χ0) is 17.1. The highest BCUT2D eigenvalue weighted by atomic mass is 32.2. The zero-order valence-corrected chi connectivity index (χ0v) is 14.5. The van der Waals surface area contributed by atoms with E-state index < -0.39 is 5.97 Å². The summed E-state index contributed by atoms with van der Waals surface area (Å²) in [4.78, 5) is 24.3. The van der Waals surface area contributed by atoms with Gasteiger partial charge >= 0.3 is 5.97 Å². The number of carboxylic acid groups (broad SMARTS) is 1. The number of nitrogens with zero attached hydrogens (tertiary/aromatic N) is 1. The van der Waals surface area contributed by atoms with Crippen molar-refractivity contribution in [2.24, 2.45) is 0 Å². The van der Waals surface area contributed by atoms with Crippen LogP contribution in [0, 0.1) is 0 Å². The Bertz CT molecular complexity index is 751. The third-order valence-corrected chi connectivity index (χ3v) is 5.57. The molecule has 3 rings (SSSR count). The lowest BCUT2D eigenvalue weighted by Crippen LogP contribution is -2.18. The van der Waals surface area contributed by atoms with E-state index in [9.17, 15) is 14.7 Å². The minimum atomic E-state index is -0.949. The fraction of sp³-hybridized carbons (Fsp3) is 0.368. The molecule has 0 bridgehead atoms. The van der Waals surface area contributed by atoms with Crippen LogP contribution < -0.4 is 0 Å². The molecule has 0 saturated carbocycles. The third kappa shape index (κ3) is 3.26. The summed E-state index contributed by atoms with van der Waals surface area (Å²) in [5.41, 5.74) is 2.76. The summed E-state index contributed by atoms with van der Waals surface area (Å²) in [7, 11) is 0. The van der Waals surface area contributed by atoms with Crippen LogP contribution >= 0.6 is 11.8 Å². The number of rotatable bonds is 6. The summed E-state index contributed by atoms with van der Waals surface area (Å²) in [6.45, 7) is 2.79. The number of ketones is 1. The first-order valence-corrected chi connectivity index (χ1v) is 9.38. The van der Waals surface area contributed by atoms with Crippen molar-refractivity contribution in [2.45, 2.75) is 38.0 Å². The molecule has 4 nitrogen and oxygen atoms in total. The number of benzene rings is 1. The van der Waals surface area contributed by atoms with E-state index >= 15 is 0 Å². The van der Waals surface area contributed by atoms with Gasteiger partial charge in [0.15, 0.2) is 5.78 Å². The largest absolute Gasteiger partial charge is 0.478 e. The number of carboxylic acids is 1.